The highest BCUT2D eigenvalue weighted by Crippen LogP contribution is 2.32. The van der Waals surface area contributed by atoms with Crippen molar-refractivity contribution in [2.45, 2.75) is 50.6 Å². The number of aryl methyl sites for hydroxylation is 1. The average molecular weight is 405 g/mol. The van der Waals surface area contributed by atoms with E-state index in [9.17, 15) is 4.79 Å². The normalized spacial score (nSPS) is 22.7. The maximum Gasteiger partial charge on any atom is 0.240 e. The number of para-hydroxylation sites is 1. The molecule has 5 nitrogen and oxygen atoms in total. The molecule has 3 aliphatic heterocycles. The molecule has 2 atom stereocenters. The van der Waals surface area contributed by atoms with Crippen LogP contribution in [0.5, 0.6) is 5.75 Å². The van der Waals surface area contributed by atoms with E-state index in [1.54, 1.807) is 0 Å². The summed E-state index contributed by atoms with van der Waals surface area (Å²) in [6, 6.07) is 15.8. The first-order chi connectivity index (χ1) is 14.7. The molecular formula is C25H28N2O3. The number of carbonyl (C=O) groups excluding carboxylic acids is 1. The van der Waals surface area contributed by atoms with Gasteiger partial charge in [0.15, 0.2) is 0 Å². The van der Waals surface area contributed by atoms with Crippen LogP contribution in [-0.4, -0.2) is 36.0 Å². The van der Waals surface area contributed by atoms with Gasteiger partial charge in [-0.05, 0) is 55.9 Å². The molecule has 2 aromatic carbocycles. The second-order valence-corrected chi connectivity index (χ2v) is 8.44. The van der Waals surface area contributed by atoms with E-state index >= 15 is 0 Å². The Morgan fingerprint density at radius 1 is 1.00 bits per heavy atom. The summed E-state index contributed by atoms with van der Waals surface area (Å²) in [5, 5.41) is 1.16. The summed E-state index contributed by atoms with van der Waals surface area (Å²) in [4.78, 5) is 15.2. The molecular weight excluding hydrogens is 376 g/mol. The molecule has 4 heterocycles. The van der Waals surface area contributed by atoms with Crippen LogP contribution in [0, 0.1) is 0 Å². The van der Waals surface area contributed by atoms with Crippen LogP contribution in [0.15, 0.2) is 52.9 Å². The molecule has 2 N–H and O–H groups in total. The highest BCUT2D eigenvalue weighted by molar-refractivity contribution is 5.84. The van der Waals surface area contributed by atoms with Crippen LogP contribution >= 0.6 is 0 Å². The Labute approximate surface area is 176 Å². The maximum absolute atomic E-state index is 13.2. The second kappa shape index (κ2) is 8.15. The van der Waals surface area contributed by atoms with E-state index in [0.717, 1.165) is 66.7 Å². The molecule has 1 saturated heterocycles. The molecule has 0 aliphatic carbocycles. The number of ether oxygens (including phenoxy) is 1. The third kappa shape index (κ3) is 3.70. The quantitative estimate of drug-likeness (QED) is 0.618. The lowest BCUT2D eigenvalue weighted by molar-refractivity contribution is -0.133. The van der Waals surface area contributed by atoms with Crippen LogP contribution in [-0.2, 0) is 24.1 Å². The van der Waals surface area contributed by atoms with E-state index in [1.807, 2.05) is 41.3 Å². The first-order valence-electron chi connectivity index (χ1n) is 11.0. The van der Waals surface area contributed by atoms with Crippen molar-refractivity contribution < 1.29 is 13.9 Å². The molecule has 0 radical (unpaired) electrons. The fourth-order valence-electron chi connectivity index (χ4n) is 4.85. The molecule has 1 amide bonds. The van der Waals surface area contributed by atoms with Gasteiger partial charge in [-0.1, -0.05) is 30.3 Å². The van der Waals surface area contributed by atoms with Gasteiger partial charge in [-0.3, -0.25) is 4.79 Å². The minimum atomic E-state index is -0.522. The Morgan fingerprint density at radius 2 is 1.83 bits per heavy atom. The SMILES string of the molecule is N[C@H]1Cc2ccc(cc2)OCCCc2oc3ccccc3c2C[C@@H]2CCCN2C1=O. The molecule has 30 heavy (non-hydrogen) atoms. The Hall–Kier alpha value is -2.79. The first kappa shape index (κ1) is 19.2. The molecule has 6 rings (SSSR count). The minimum Gasteiger partial charge on any atom is -0.494 e. The number of rotatable bonds is 0. The van der Waals surface area contributed by atoms with Crippen LogP contribution in [0.4, 0.5) is 0 Å². The highest BCUT2D eigenvalue weighted by Gasteiger charge is 2.33. The highest BCUT2D eigenvalue weighted by atomic mass is 16.5. The first-order valence-corrected chi connectivity index (χ1v) is 11.0. The summed E-state index contributed by atoms with van der Waals surface area (Å²) in [5.41, 5.74) is 9.57. The van der Waals surface area contributed by atoms with E-state index in [2.05, 4.69) is 12.1 Å². The van der Waals surface area contributed by atoms with Crippen molar-refractivity contribution in [1.82, 2.24) is 4.90 Å². The average Bonchev–Trinajstić information content (AvgIpc) is 3.36. The number of hydrogen-bond donors (Lipinski definition) is 1. The topological polar surface area (TPSA) is 68.7 Å². The fraction of sp³-hybridized carbons (Fsp3) is 0.400. The van der Waals surface area contributed by atoms with Gasteiger partial charge in [0, 0.05) is 30.0 Å². The van der Waals surface area contributed by atoms with Gasteiger partial charge in [-0.2, -0.15) is 0 Å². The molecule has 3 aromatic rings. The van der Waals surface area contributed by atoms with Crippen molar-refractivity contribution in [3.05, 3.63) is 65.4 Å². The smallest absolute Gasteiger partial charge is 0.240 e. The minimum absolute atomic E-state index is 0.0549. The lowest BCUT2D eigenvalue weighted by Gasteiger charge is -2.28. The van der Waals surface area contributed by atoms with E-state index in [1.165, 1.54) is 5.56 Å². The van der Waals surface area contributed by atoms with Gasteiger partial charge in [0.05, 0.1) is 12.6 Å². The summed E-state index contributed by atoms with van der Waals surface area (Å²) in [6.45, 7) is 1.43. The Kier molecular flexibility index (Phi) is 5.21. The predicted molar refractivity (Wildman–Crippen MR) is 117 cm³/mol. The lowest BCUT2D eigenvalue weighted by Crippen LogP contribution is -2.47. The van der Waals surface area contributed by atoms with Gasteiger partial charge in [0.1, 0.15) is 17.1 Å². The number of furan rings is 1. The van der Waals surface area contributed by atoms with E-state index in [0.29, 0.717) is 13.0 Å². The lowest BCUT2D eigenvalue weighted by atomic mass is 9.98. The second-order valence-electron chi connectivity index (χ2n) is 8.44. The number of amides is 1. The van der Waals surface area contributed by atoms with Crippen LogP contribution < -0.4 is 10.5 Å². The molecule has 5 heteroatoms. The molecule has 3 aliphatic rings. The van der Waals surface area contributed by atoms with Crippen LogP contribution in [0.3, 0.4) is 0 Å². The van der Waals surface area contributed by atoms with Crippen molar-refractivity contribution in [1.29, 1.82) is 0 Å². The molecule has 1 aromatic heterocycles. The third-order valence-electron chi connectivity index (χ3n) is 6.39. The molecule has 156 valence electrons. The van der Waals surface area contributed by atoms with Gasteiger partial charge in [-0.25, -0.2) is 0 Å². The van der Waals surface area contributed by atoms with Crippen molar-refractivity contribution >= 4 is 16.9 Å². The fourth-order valence-corrected chi connectivity index (χ4v) is 4.85. The molecule has 0 saturated carbocycles. The van der Waals surface area contributed by atoms with E-state index < -0.39 is 6.04 Å². The predicted octanol–water partition coefficient (Wildman–Crippen LogP) is 3.86. The summed E-state index contributed by atoms with van der Waals surface area (Å²) < 4.78 is 12.1. The van der Waals surface area contributed by atoms with Crippen LogP contribution in [0.25, 0.3) is 11.0 Å². The van der Waals surface area contributed by atoms with Gasteiger partial charge in [0.2, 0.25) is 5.91 Å². The van der Waals surface area contributed by atoms with Gasteiger partial charge in [-0.15, -0.1) is 0 Å². The van der Waals surface area contributed by atoms with Gasteiger partial charge in [0.25, 0.3) is 0 Å². The van der Waals surface area contributed by atoms with Crippen molar-refractivity contribution in [2.75, 3.05) is 13.2 Å². The zero-order chi connectivity index (χ0) is 20.5. The van der Waals surface area contributed by atoms with Crippen molar-refractivity contribution in [2.24, 2.45) is 5.73 Å². The molecule has 0 spiro atoms. The standard InChI is InChI=1S/C25H28N2O3/c26-22-15-17-9-11-19(12-10-17)29-14-4-8-24-21(20-6-1-2-7-23(20)30-24)16-18-5-3-13-27(18)25(22)28/h1-2,6-7,9-12,18,22H,3-5,8,13-16,26H2/t18-,22-/m0/s1. The Bertz CT molecular complexity index is 1040. The number of carbonyl (C=O) groups is 1. The summed E-state index contributed by atoms with van der Waals surface area (Å²) >= 11 is 0. The van der Waals surface area contributed by atoms with Crippen molar-refractivity contribution in [3.63, 3.8) is 0 Å². The number of nitrogens with two attached hydrogens (primary N) is 1. The van der Waals surface area contributed by atoms with E-state index in [4.69, 9.17) is 14.9 Å². The van der Waals surface area contributed by atoms with Crippen molar-refractivity contribution in [3.8, 4) is 5.75 Å². The van der Waals surface area contributed by atoms with Crippen LogP contribution in [0.2, 0.25) is 0 Å². The maximum atomic E-state index is 13.2. The van der Waals surface area contributed by atoms with Gasteiger partial charge < -0.3 is 19.8 Å². The van der Waals surface area contributed by atoms with Gasteiger partial charge >= 0.3 is 0 Å². The van der Waals surface area contributed by atoms with Crippen LogP contribution in [0.1, 0.15) is 36.1 Å². The number of hydrogen-bond acceptors (Lipinski definition) is 4. The Morgan fingerprint density at radius 3 is 2.70 bits per heavy atom. The summed E-state index contributed by atoms with van der Waals surface area (Å²) in [5.74, 6) is 1.92. The zero-order valence-corrected chi connectivity index (χ0v) is 17.2. The zero-order valence-electron chi connectivity index (χ0n) is 17.2. The molecule has 0 unspecified atom stereocenters. The summed E-state index contributed by atoms with van der Waals surface area (Å²) in [6.07, 6.45) is 5.10. The molecule has 1 fully saturated rings. The van der Waals surface area contributed by atoms with E-state index in [-0.39, 0.29) is 11.9 Å². The number of benzene rings is 2. The number of fused-ring (bicyclic) bond motifs is 8. The third-order valence-corrected chi connectivity index (χ3v) is 6.39. The number of nitrogens with zero attached hydrogens (tertiary/aromatic N) is 1. The largest absolute Gasteiger partial charge is 0.494 e. The monoisotopic (exact) mass is 404 g/mol. The molecule has 2 bridgehead atoms. The summed E-state index contributed by atoms with van der Waals surface area (Å²) in [7, 11) is 0. The Balaban J connectivity index is 1.51.